The number of nitrogens with one attached hydrogen (secondary N) is 1. The van der Waals surface area contributed by atoms with E-state index in [-0.39, 0.29) is 5.91 Å². The van der Waals surface area contributed by atoms with Crippen LogP contribution in [0.15, 0.2) is 60.1 Å². The van der Waals surface area contributed by atoms with E-state index >= 15 is 0 Å². The van der Waals surface area contributed by atoms with Gasteiger partial charge in [-0.05, 0) is 41.7 Å². The van der Waals surface area contributed by atoms with Gasteiger partial charge in [0.25, 0.3) is 5.91 Å². The maximum absolute atomic E-state index is 12.2. The van der Waals surface area contributed by atoms with Crippen molar-refractivity contribution in [2.24, 2.45) is 0 Å². The van der Waals surface area contributed by atoms with E-state index in [4.69, 9.17) is 0 Å². The molecule has 1 amide bonds. The van der Waals surface area contributed by atoms with Gasteiger partial charge in [-0.1, -0.05) is 75.4 Å². The number of hydrogen-bond donors (Lipinski definition) is 1. The number of aromatic nitrogens is 1. The standard InChI is InChI=1S/C24H28N2OS/c1-2-3-4-5-6-7-8-19-9-11-20(12-10-19)21-13-15-22(16-14-21)23(27)26-24-25-17-18-28-24/h9-18H,2-8H2,1H3,(H,25,26,27). The van der Waals surface area contributed by atoms with Gasteiger partial charge in [0.05, 0.1) is 0 Å². The van der Waals surface area contributed by atoms with Gasteiger partial charge >= 0.3 is 0 Å². The number of rotatable bonds is 10. The number of hydrogen-bond acceptors (Lipinski definition) is 3. The van der Waals surface area contributed by atoms with E-state index in [0.29, 0.717) is 10.7 Å². The lowest BCUT2D eigenvalue weighted by molar-refractivity contribution is 0.102. The molecule has 3 rings (SSSR count). The van der Waals surface area contributed by atoms with Gasteiger partial charge in [0, 0.05) is 17.1 Å². The second-order valence-electron chi connectivity index (χ2n) is 7.08. The Balaban J connectivity index is 1.51. The van der Waals surface area contributed by atoms with Crippen molar-refractivity contribution in [3.63, 3.8) is 0 Å². The van der Waals surface area contributed by atoms with Crippen molar-refractivity contribution < 1.29 is 4.79 Å². The Hall–Kier alpha value is -2.46. The highest BCUT2D eigenvalue weighted by molar-refractivity contribution is 7.13. The largest absolute Gasteiger partial charge is 0.298 e. The molecule has 1 N–H and O–H groups in total. The summed E-state index contributed by atoms with van der Waals surface area (Å²) in [5.41, 5.74) is 4.34. The van der Waals surface area contributed by atoms with Gasteiger partial charge in [-0.25, -0.2) is 4.98 Å². The van der Waals surface area contributed by atoms with Crippen LogP contribution in [0.25, 0.3) is 11.1 Å². The molecule has 4 heteroatoms. The van der Waals surface area contributed by atoms with Crippen molar-refractivity contribution >= 4 is 22.4 Å². The fraction of sp³-hybridized carbons (Fsp3) is 0.333. The van der Waals surface area contributed by atoms with Crippen LogP contribution in [0.1, 0.15) is 61.4 Å². The lowest BCUT2D eigenvalue weighted by Crippen LogP contribution is -2.11. The molecule has 0 saturated carbocycles. The number of amides is 1. The highest BCUT2D eigenvalue weighted by atomic mass is 32.1. The van der Waals surface area contributed by atoms with E-state index in [1.807, 2.05) is 29.6 Å². The molecular formula is C24H28N2OS. The van der Waals surface area contributed by atoms with Crippen molar-refractivity contribution in [1.29, 1.82) is 0 Å². The predicted molar refractivity (Wildman–Crippen MR) is 119 cm³/mol. The van der Waals surface area contributed by atoms with Crippen LogP contribution in [0.5, 0.6) is 0 Å². The van der Waals surface area contributed by atoms with Crippen LogP contribution >= 0.6 is 11.3 Å². The third-order valence-corrected chi connectivity index (χ3v) is 5.59. The molecule has 2 aromatic carbocycles. The normalized spacial score (nSPS) is 10.8. The fourth-order valence-corrected chi connectivity index (χ4v) is 3.77. The molecule has 3 aromatic rings. The Labute approximate surface area is 171 Å². The zero-order chi connectivity index (χ0) is 19.6. The monoisotopic (exact) mass is 392 g/mol. The highest BCUT2D eigenvalue weighted by Gasteiger charge is 2.08. The summed E-state index contributed by atoms with van der Waals surface area (Å²) in [6.07, 6.45) is 10.8. The highest BCUT2D eigenvalue weighted by Crippen LogP contribution is 2.22. The Morgan fingerprint density at radius 3 is 2.18 bits per heavy atom. The molecule has 1 heterocycles. The van der Waals surface area contributed by atoms with Crippen LogP contribution in [-0.4, -0.2) is 10.9 Å². The first kappa shape index (κ1) is 20.3. The van der Waals surface area contributed by atoms with E-state index in [1.165, 1.54) is 61.0 Å². The summed E-state index contributed by atoms with van der Waals surface area (Å²) in [5.74, 6) is -0.129. The van der Waals surface area contributed by atoms with E-state index in [2.05, 4.69) is 41.5 Å². The molecule has 3 nitrogen and oxygen atoms in total. The number of thiazole rings is 1. The molecular weight excluding hydrogens is 364 g/mol. The van der Waals surface area contributed by atoms with E-state index in [1.54, 1.807) is 6.20 Å². The zero-order valence-electron chi connectivity index (χ0n) is 16.5. The number of aryl methyl sites for hydroxylation is 1. The van der Waals surface area contributed by atoms with Crippen molar-refractivity contribution in [2.45, 2.75) is 51.9 Å². The molecule has 0 aliphatic carbocycles. The predicted octanol–water partition coefficient (Wildman–Crippen LogP) is 6.97. The maximum Gasteiger partial charge on any atom is 0.257 e. The molecule has 146 valence electrons. The molecule has 0 spiro atoms. The minimum Gasteiger partial charge on any atom is -0.298 e. The molecule has 28 heavy (non-hydrogen) atoms. The molecule has 0 unspecified atom stereocenters. The molecule has 0 bridgehead atoms. The first-order valence-corrected chi connectivity index (χ1v) is 11.0. The molecule has 0 saturated heterocycles. The number of anilines is 1. The van der Waals surface area contributed by atoms with Crippen LogP contribution < -0.4 is 5.32 Å². The van der Waals surface area contributed by atoms with E-state index in [9.17, 15) is 4.79 Å². The van der Waals surface area contributed by atoms with Crippen molar-refractivity contribution in [2.75, 3.05) is 5.32 Å². The third-order valence-electron chi connectivity index (χ3n) is 4.91. The Morgan fingerprint density at radius 1 is 0.893 bits per heavy atom. The zero-order valence-corrected chi connectivity index (χ0v) is 17.3. The average Bonchev–Trinajstić information content (AvgIpc) is 3.24. The quantitative estimate of drug-likeness (QED) is 0.379. The summed E-state index contributed by atoms with van der Waals surface area (Å²) in [5, 5.41) is 5.27. The van der Waals surface area contributed by atoms with Crippen LogP contribution in [0.2, 0.25) is 0 Å². The van der Waals surface area contributed by atoms with Crippen LogP contribution in [0, 0.1) is 0 Å². The van der Waals surface area contributed by atoms with Crippen LogP contribution in [-0.2, 0) is 6.42 Å². The summed E-state index contributed by atoms with van der Waals surface area (Å²) < 4.78 is 0. The van der Waals surface area contributed by atoms with Gasteiger partial charge < -0.3 is 0 Å². The first-order valence-electron chi connectivity index (χ1n) is 10.2. The van der Waals surface area contributed by atoms with Gasteiger partial charge in [-0.3, -0.25) is 10.1 Å². The number of carbonyl (C=O) groups excluding carboxylic acids is 1. The number of carbonyl (C=O) groups is 1. The summed E-state index contributed by atoms with van der Waals surface area (Å²) in [6.45, 7) is 2.26. The maximum atomic E-state index is 12.2. The number of unbranched alkanes of at least 4 members (excludes halogenated alkanes) is 5. The Morgan fingerprint density at radius 2 is 1.54 bits per heavy atom. The van der Waals surface area contributed by atoms with E-state index in [0.717, 1.165) is 12.0 Å². The van der Waals surface area contributed by atoms with Gasteiger partial charge in [-0.2, -0.15) is 0 Å². The summed E-state index contributed by atoms with van der Waals surface area (Å²) in [6, 6.07) is 16.5. The number of benzene rings is 2. The molecule has 0 radical (unpaired) electrons. The lowest BCUT2D eigenvalue weighted by Gasteiger charge is -2.07. The summed E-state index contributed by atoms with van der Waals surface area (Å²) in [7, 11) is 0. The molecule has 0 atom stereocenters. The number of nitrogens with zero attached hydrogens (tertiary/aromatic N) is 1. The smallest absolute Gasteiger partial charge is 0.257 e. The fourth-order valence-electron chi connectivity index (χ4n) is 3.24. The van der Waals surface area contributed by atoms with Crippen LogP contribution in [0.3, 0.4) is 0 Å². The summed E-state index contributed by atoms with van der Waals surface area (Å²) >= 11 is 1.41. The minimum absolute atomic E-state index is 0.129. The van der Waals surface area contributed by atoms with Gasteiger partial charge in [0.2, 0.25) is 0 Å². The van der Waals surface area contributed by atoms with E-state index < -0.39 is 0 Å². The van der Waals surface area contributed by atoms with Gasteiger partial charge in [-0.15, -0.1) is 11.3 Å². The second-order valence-corrected chi connectivity index (χ2v) is 7.98. The second kappa shape index (κ2) is 10.8. The molecule has 0 fully saturated rings. The Bertz CT molecular complexity index is 839. The SMILES string of the molecule is CCCCCCCCc1ccc(-c2ccc(C(=O)Nc3nccs3)cc2)cc1. The topological polar surface area (TPSA) is 42.0 Å². The molecule has 0 aliphatic rings. The first-order chi connectivity index (χ1) is 13.8. The molecule has 0 aliphatic heterocycles. The van der Waals surface area contributed by atoms with Gasteiger partial charge in [0.1, 0.15) is 0 Å². The van der Waals surface area contributed by atoms with Crippen LogP contribution in [0.4, 0.5) is 5.13 Å². The third kappa shape index (κ3) is 6.03. The van der Waals surface area contributed by atoms with Crippen molar-refractivity contribution in [3.8, 4) is 11.1 Å². The lowest BCUT2D eigenvalue weighted by atomic mass is 10.00. The van der Waals surface area contributed by atoms with Crippen molar-refractivity contribution in [1.82, 2.24) is 4.98 Å². The van der Waals surface area contributed by atoms with Gasteiger partial charge in [0.15, 0.2) is 5.13 Å². The Kier molecular flexibility index (Phi) is 7.80. The average molecular weight is 393 g/mol. The molecule has 1 aromatic heterocycles. The summed E-state index contributed by atoms with van der Waals surface area (Å²) in [4.78, 5) is 16.3. The van der Waals surface area contributed by atoms with Crippen molar-refractivity contribution in [3.05, 3.63) is 71.2 Å². The minimum atomic E-state index is -0.129.